The van der Waals surface area contributed by atoms with Crippen LogP contribution in [0.3, 0.4) is 0 Å². The van der Waals surface area contributed by atoms with Crippen LogP contribution in [-0.4, -0.2) is 11.1 Å². The van der Waals surface area contributed by atoms with E-state index in [0.29, 0.717) is 27.7 Å². The number of ether oxygens (including phenoxy) is 1. The Hall–Kier alpha value is -2.76. The van der Waals surface area contributed by atoms with Gasteiger partial charge < -0.3 is 15.2 Å². The van der Waals surface area contributed by atoms with E-state index >= 15 is 0 Å². The molecule has 0 spiro atoms. The second-order valence-electron chi connectivity index (χ2n) is 5.59. The molecule has 0 aromatic heterocycles. The minimum absolute atomic E-state index is 0.0147. The molecule has 138 valence electrons. The van der Waals surface area contributed by atoms with Gasteiger partial charge in [-0.05, 0) is 30.3 Å². The van der Waals surface area contributed by atoms with Crippen LogP contribution >= 0.6 is 23.2 Å². The fraction of sp³-hybridized carbons (Fsp3) is 0.0500. The maximum atomic E-state index is 13.7. The van der Waals surface area contributed by atoms with Gasteiger partial charge in [0.2, 0.25) is 0 Å². The summed E-state index contributed by atoms with van der Waals surface area (Å²) in [7, 11) is 0. The highest BCUT2D eigenvalue weighted by Gasteiger charge is 2.16. The third-order valence-corrected chi connectivity index (χ3v) is 4.50. The monoisotopic (exact) mass is 405 g/mol. The maximum Gasteiger partial charge on any atom is 0.337 e. The molecular weight excluding hydrogens is 392 g/mol. The largest absolute Gasteiger partial charge is 0.487 e. The molecule has 3 aromatic rings. The van der Waals surface area contributed by atoms with E-state index in [2.05, 4.69) is 5.32 Å². The van der Waals surface area contributed by atoms with Gasteiger partial charge in [-0.25, -0.2) is 9.18 Å². The smallest absolute Gasteiger partial charge is 0.337 e. The lowest BCUT2D eigenvalue weighted by atomic mass is 10.1. The van der Waals surface area contributed by atoms with Crippen LogP contribution in [0, 0.1) is 5.82 Å². The summed E-state index contributed by atoms with van der Waals surface area (Å²) in [6.45, 7) is -0.0147. The third kappa shape index (κ3) is 4.32. The van der Waals surface area contributed by atoms with Crippen molar-refractivity contribution < 1.29 is 19.0 Å². The van der Waals surface area contributed by atoms with E-state index in [1.165, 1.54) is 12.1 Å². The van der Waals surface area contributed by atoms with Gasteiger partial charge in [0.25, 0.3) is 0 Å². The van der Waals surface area contributed by atoms with Gasteiger partial charge in [0.1, 0.15) is 23.2 Å². The average molecular weight is 406 g/mol. The zero-order chi connectivity index (χ0) is 19.4. The van der Waals surface area contributed by atoms with E-state index in [-0.39, 0.29) is 23.0 Å². The number of nitrogens with one attached hydrogen (secondary N) is 1. The van der Waals surface area contributed by atoms with Crippen LogP contribution in [0.2, 0.25) is 10.0 Å². The molecule has 0 aliphatic heterocycles. The molecule has 3 rings (SSSR count). The SMILES string of the molecule is O=C(O)c1ccccc1Nc1c(Cl)ccc(OCc2ccccc2F)c1Cl. The number of carboxylic acids is 1. The quantitative estimate of drug-likeness (QED) is 0.515. The summed E-state index contributed by atoms with van der Waals surface area (Å²) in [5.41, 5.74) is 1.09. The van der Waals surface area contributed by atoms with Crippen molar-refractivity contribution in [2.24, 2.45) is 0 Å². The predicted molar refractivity (Wildman–Crippen MR) is 104 cm³/mol. The van der Waals surface area contributed by atoms with Gasteiger partial charge in [-0.1, -0.05) is 53.5 Å². The number of para-hydroxylation sites is 1. The second-order valence-corrected chi connectivity index (χ2v) is 6.38. The molecule has 0 unspecified atom stereocenters. The molecule has 3 aromatic carbocycles. The molecule has 0 amide bonds. The molecule has 0 radical (unpaired) electrons. The summed E-state index contributed by atoms with van der Waals surface area (Å²) >= 11 is 12.6. The average Bonchev–Trinajstić information content (AvgIpc) is 2.66. The third-order valence-electron chi connectivity index (χ3n) is 3.81. The van der Waals surface area contributed by atoms with Crippen LogP contribution in [0.15, 0.2) is 60.7 Å². The van der Waals surface area contributed by atoms with Crippen molar-refractivity contribution in [1.29, 1.82) is 0 Å². The molecule has 4 nitrogen and oxygen atoms in total. The lowest BCUT2D eigenvalue weighted by Crippen LogP contribution is -2.04. The first kappa shape index (κ1) is 19.0. The molecule has 0 saturated carbocycles. The molecule has 0 atom stereocenters. The molecule has 27 heavy (non-hydrogen) atoms. The molecule has 0 aliphatic rings. The van der Waals surface area contributed by atoms with E-state index < -0.39 is 5.97 Å². The van der Waals surface area contributed by atoms with Crippen LogP contribution in [0.25, 0.3) is 0 Å². The fourth-order valence-corrected chi connectivity index (χ4v) is 2.96. The number of halogens is 3. The number of carbonyl (C=O) groups is 1. The number of hydrogen-bond acceptors (Lipinski definition) is 3. The van der Waals surface area contributed by atoms with Crippen LogP contribution in [0.1, 0.15) is 15.9 Å². The van der Waals surface area contributed by atoms with Crippen molar-refractivity contribution in [2.45, 2.75) is 6.61 Å². The Morgan fingerprint density at radius 2 is 1.74 bits per heavy atom. The summed E-state index contributed by atoms with van der Waals surface area (Å²) in [5.74, 6) is -1.17. The molecule has 0 fully saturated rings. The summed E-state index contributed by atoms with van der Waals surface area (Å²) in [4.78, 5) is 11.4. The highest BCUT2D eigenvalue weighted by atomic mass is 35.5. The topological polar surface area (TPSA) is 58.6 Å². The zero-order valence-electron chi connectivity index (χ0n) is 13.9. The Kier molecular flexibility index (Phi) is 5.84. The number of aromatic carboxylic acids is 1. The highest BCUT2D eigenvalue weighted by Crippen LogP contribution is 2.40. The molecule has 0 saturated heterocycles. The lowest BCUT2D eigenvalue weighted by molar-refractivity contribution is 0.0698. The Balaban J connectivity index is 1.88. The van der Waals surface area contributed by atoms with Gasteiger partial charge in [0, 0.05) is 5.56 Å². The highest BCUT2D eigenvalue weighted by molar-refractivity contribution is 6.40. The molecule has 0 heterocycles. The molecule has 0 aliphatic carbocycles. The van der Waals surface area contributed by atoms with Crippen molar-refractivity contribution in [3.63, 3.8) is 0 Å². The Labute approximate surface area is 165 Å². The number of rotatable bonds is 6. The minimum Gasteiger partial charge on any atom is -0.487 e. The normalized spacial score (nSPS) is 10.5. The first-order valence-corrected chi connectivity index (χ1v) is 8.66. The van der Waals surface area contributed by atoms with Crippen molar-refractivity contribution in [1.82, 2.24) is 0 Å². The molecular formula is C20H14Cl2FNO3. The molecule has 7 heteroatoms. The Morgan fingerprint density at radius 3 is 2.48 bits per heavy atom. The van der Waals surface area contributed by atoms with E-state index in [1.807, 2.05) is 0 Å². The Morgan fingerprint density at radius 1 is 1.04 bits per heavy atom. The van der Waals surface area contributed by atoms with Crippen molar-refractivity contribution in [3.05, 3.63) is 87.7 Å². The van der Waals surface area contributed by atoms with E-state index in [0.717, 1.165) is 0 Å². The van der Waals surface area contributed by atoms with Crippen molar-refractivity contribution in [3.8, 4) is 5.75 Å². The minimum atomic E-state index is -1.09. The first-order chi connectivity index (χ1) is 13.0. The molecule has 2 N–H and O–H groups in total. The van der Waals surface area contributed by atoms with Crippen LogP contribution < -0.4 is 10.1 Å². The number of carboxylic acid groups (broad SMARTS) is 1. The van der Waals surface area contributed by atoms with Gasteiger partial charge in [0.15, 0.2) is 0 Å². The predicted octanol–water partition coefficient (Wildman–Crippen LogP) is 6.15. The zero-order valence-corrected chi connectivity index (χ0v) is 15.4. The van der Waals surface area contributed by atoms with Gasteiger partial charge in [0.05, 0.1) is 22.0 Å². The summed E-state index contributed by atoms with van der Waals surface area (Å²) in [6.07, 6.45) is 0. The van der Waals surface area contributed by atoms with E-state index in [9.17, 15) is 14.3 Å². The van der Waals surface area contributed by atoms with Crippen LogP contribution in [0.5, 0.6) is 5.75 Å². The second kappa shape index (κ2) is 8.29. The summed E-state index contributed by atoms with van der Waals surface area (Å²) in [5, 5.41) is 12.7. The number of hydrogen-bond donors (Lipinski definition) is 2. The van der Waals surface area contributed by atoms with Crippen molar-refractivity contribution in [2.75, 3.05) is 5.32 Å². The van der Waals surface area contributed by atoms with Gasteiger partial charge in [-0.3, -0.25) is 0 Å². The van der Waals surface area contributed by atoms with Gasteiger partial charge in [-0.2, -0.15) is 0 Å². The number of anilines is 2. The van der Waals surface area contributed by atoms with Crippen LogP contribution in [-0.2, 0) is 6.61 Å². The van der Waals surface area contributed by atoms with E-state index in [1.54, 1.807) is 48.5 Å². The maximum absolute atomic E-state index is 13.7. The molecule has 0 bridgehead atoms. The fourth-order valence-electron chi connectivity index (χ4n) is 2.44. The number of benzene rings is 3. The summed E-state index contributed by atoms with van der Waals surface area (Å²) in [6, 6.07) is 15.8. The summed E-state index contributed by atoms with van der Waals surface area (Å²) < 4.78 is 19.4. The van der Waals surface area contributed by atoms with Crippen molar-refractivity contribution >= 4 is 40.5 Å². The van der Waals surface area contributed by atoms with E-state index in [4.69, 9.17) is 27.9 Å². The van der Waals surface area contributed by atoms with Gasteiger partial charge >= 0.3 is 5.97 Å². The standard InChI is InChI=1S/C20H14Cl2FNO3/c21-14-9-10-17(27-11-12-5-1-3-7-15(12)23)18(22)19(14)24-16-8-4-2-6-13(16)20(25)26/h1-10,24H,11H2,(H,25,26). The first-order valence-electron chi connectivity index (χ1n) is 7.91. The van der Waals surface area contributed by atoms with Gasteiger partial charge in [-0.15, -0.1) is 0 Å². The van der Waals surface area contributed by atoms with Crippen LogP contribution in [0.4, 0.5) is 15.8 Å². The lowest BCUT2D eigenvalue weighted by Gasteiger charge is -2.16. The Bertz CT molecular complexity index is 995.